The Hall–Kier alpha value is -2.53. The summed E-state index contributed by atoms with van der Waals surface area (Å²) in [6, 6.07) is 12.4. The lowest BCUT2D eigenvalue weighted by molar-refractivity contribution is 0.190. The number of benzene rings is 2. The molecule has 3 aromatic rings. The molecule has 0 aliphatic carbocycles. The highest BCUT2D eigenvalue weighted by molar-refractivity contribution is 5.72. The number of fused-ring (bicyclic) bond motifs is 2. The molecule has 0 unspecified atom stereocenters. The highest BCUT2D eigenvalue weighted by Crippen LogP contribution is 2.37. The highest BCUT2D eigenvalue weighted by Gasteiger charge is 2.27. The molecule has 5 rings (SSSR count). The van der Waals surface area contributed by atoms with Crippen LogP contribution in [0, 0.1) is 0 Å². The summed E-state index contributed by atoms with van der Waals surface area (Å²) in [6.07, 6.45) is 3.35. The summed E-state index contributed by atoms with van der Waals surface area (Å²) in [5.41, 5.74) is 4.33. The molecule has 0 saturated carbocycles. The van der Waals surface area contributed by atoms with E-state index in [-0.39, 0.29) is 6.10 Å². The first-order valence-corrected chi connectivity index (χ1v) is 10.7. The van der Waals surface area contributed by atoms with E-state index >= 15 is 0 Å². The number of rotatable bonds is 5. The van der Waals surface area contributed by atoms with Gasteiger partial charge in [0.2, 0.25) is 0 Å². The minimum absolute atomic E-state index is 0.252. The number of nitrogens with zero attached hydrogens (tertiary/aromatic N) is 2. The van der Waals surface area contributed by atoms with Gasteiger partial charge in [-0.25, -0.2) is 4.98 Å². The predicted molar refractivity (Wildman–Crippen MR) is 113 cm³/mol. The van der Waals surface area contributed by atoms with Crippen molar-refractivity contribution < 1.29 is 13.9 Å². The van der Waals surface area contributed by atoms with Crippen LogP contribution in [0.3, 0.4) is 0 Å². The molecule has 1 saturated heterocycles. The molecule has 152 valence electrons. The van der Waals surface area contributed by atoms with E-state index in [4.69, 9.17) is 18.9 Å². The predicted octanol–water partition coefficient (Wildman–Crippen LogP) is 4.93. The van der Waals surface area contributed by atoms with E-state index in [1.165, 1.54) is 11.1 Å². The first-order chi connectivity index (χ1) is 14.2. The summed E-state index contributed by atoms with van der Waals surface area (Å²) in [5.74, 6) is 3.32. The van der Waals surface area contributed by atoms with Crippen molar-refractivity contribution in [2.24, 2.45) is 0 Å². The van der Waals surface area contributed by atoms with Crippen LogP contribution in [-0.2, 0) is 13.0 Å². The monoisotopic (exact) mass is 392 g/mol. The Morgan fingerprint density at radius 2 is 2.00 bits per heavy atom. The van der Waals surface area contributed by atoms with E-state index < -0.39 is 0 Å². The largest absolute Gasteiger partial charge is 0.494 e. The summed E-state index contributed by atoms with van der Waals surface area (Å²) in [5, 5.41) is 0. The zero-order chi connectivity index (χ0) is 19.8. The molecule has 2 aliphatic heterocycles. The Balaban J connectivity index is 1.27. The number of hydrogen-bond acceptors (Lipinski definition) is 5. The fraction of sp³-hybridized carbons (Fsp3) is 0.458. The van der Waals surface area contributed by atoms with Crippen molar-refractivity contribution in [3.05, 3.63) is 53.4 Å². The molecule has 2 aromatic carbocycles. The number of ether oxygens (including phenoxy) is 2. The van der Waals surface area contributed by atoms with Crippen LogP contribution in [0.4, 0.5) is 0 Å². The van der Waals surface area contributed by atoms with Crippen LogP contribution in [0.25, 0.3) is 11.1 Å². The molecule has 5 heteroatoms. The van der Waals surface area contributed by atoms with Crippen LogP contribution < -0.4 is 9.47 Å². The van der Waals surface area contributed by atoms with Crippen molar-refractivity contribution in [3.63, 3.8) is 0 Å². The summed E-state index contributed by atoms with van der Waals surface area (Å²) in [6.45, 7) is 7.80. The van der Waals surface area contributed by atoms with Gasteiger partial charge in [-0.15, -0.1) is 0 Å². The third-order valence-electron chi connectivity index (χ3n) is 6.02. The van der Waals surface area contributed by atoms with Gasteiger partial charge in [-0.1, -0.05) is 12.1 Å². The lowest BCUT2D eigenvalue weighted by Gasteiger charge is -2.31. The second-order valence-electron chi connectivity index (χ2n) is 8.20. The number of piperidine rings is 1. The van der Waals surface area contributed by atoms with Gasteiger partial charge in [-0.05, 0) is 64.0 Å². The van der Waals surface area contributed by atoms with Crippen molar-refractivity contribution in [2.75, 3.05) is 19.7 Å². The number of likely N-dealkylation sites (tertiary alicyclic amines) is 1. The molecule has 1 atom stereocenters. The van der Waals surface area contributed by atoms with Crippen molar-refractivity contribution in [2.45, 2.75) is 51.7 Å². The average molecular weight is 392 g/mol. The van der Waals surface area contributed by atoms with Crippen molar-refractivity contribution in [3.8, 4) is 11.5 Å². The number of para-hydroxylation sites is 2. The van der Waals surface area contributed by atoms with Gasteiger partial charge in [0.25, 0.3) is 0 Å². The number of oxazole rings is 1. The maximum Gasteiger partial charge on any atom is 0.198 e. The molecule has 3 heterocycles. The zero-order valence-corrected chi connectivity index (χ0v) is 17.2. The van der Waals surface area contributed by atoms with Gasteiger partial charge < -0.3 is 13.9 Å². The van der Waals surface area contributed by atoms with E-state index in [0.29, 0.717) is 12.5 Å². The van der Waals surface area contributed by atoms with E-state index in [1.807, 2.05) is 31.2 Å². The van der Waals surface area contributed by atoms with Gasteiger partial charge in [-0.3, -0.25) is 4.90 Å². The molecule has 0 amide bonds. The van der Waals surface area contributed by atoms with Crippen LogP contribution in [0.15, 0.2) is 40.8 Å². The zero-order valence-electron chi connectivity index (χ0n) is 17.2. The maximum absolute atomic E-state index is 6.01. The van der Waals surface area contributed by atoms with E-state index in [9.17, 15) is 0 Å². The Morgan fingerprint density at radius 1 is 1.17 bits per heavy atom. The normalized spacial score (nSPS) is 20.0. The van der Waals surface area contributed by atoms with Gasteiger partial charge in [0, 0.05) is 30.0 Å². The minimum atomic E-state index is 0.252. The van der Waals surface area contributed by atoms with Gasteiger partial charge >= 0.3 is 0 Å². The summed E-state index contributed by atoms with van der Waals surface area (Å²) < 4.78 is 17.9. The van der Waals surface area contributed by atoms with Gasteiger partial charge in [0.05, 0.1) is 6.61 Å². The third kappa shape index (κ3) is 3.71. The molecule has 5 nitrogen and oxygen atoms in total. The van der Waals surface area contributed by atoms with Gasteiger partial charge in [0.15, 0.2) is 11.5 Å². The molecule has 1 fully saturated rings. The summed E-state index contributed by atoms with van der Waals surface area (Å²) in [7, 11) is 0. The first-order valence-electron chi connectivity index (χ1n) is 10.7. The van der Waals surface area contributed by atoms with Crippen molar-refractivity contribution >= 4 is 11.1 Å². The highest BCUT2D eigenvalue weighted by atomic mass is 16.5. The summed E-state index contributed by atoms with van der Waals surface area (Å²) >= 11 is 0. The molecule has 0 bridgehead atoms. The molecule has 1 aromatic heterocycles. The molecule has 0 radical (unpaired) electrons. The molecular weight excluding hydrogens is 364 g/mol. The Kier molecular flexibility index (Phi) is 4.92. The van der Waals surface area contributed by atoms with Crippen LogP contribution in [0.2, 0.25) is 0 Å². The Morgan fingerprint density at radius 3 is 2.79 bits per heavy atom. The average Bonchev–Trinajstić information content (AvgIpc) is 3.31. The molecule has 29 heavy (non-hydrogen) atoms. The first kappa shape index (κ1) is 18.5. The molecular formula is C24H28N2O3. The topological polar surface area (TPSA) is 47.7 Å². The fourth-order valence-electron chi connectivity index (χ4n) is 4.54. The van der Waals surface area contributed by atoms with Crippen LogP contribution in [0.1, 0.15) is 49.6 Å². The van der Waals surface area contributed by atoms with Crippen molar-refractivity contribution in [1.82, 2.24) is 9.88 Å². The fourth-order valence-corrected chi connectivity index (χ4v) is 4.54. The summed E-state index contributed by atoms with van der Waals surface area (Å²) in [4.78, 5) is 7.21. The smallest absolute Gasteiger partial charge is 0.198 e. The standard InChI is InChI=1S/C24H28N2O3/c1-3-27-22-13-18-12-16(2)28-23(18)14-19(22)15-26-10-8-17(9-11-26)24-25-20-6-4-5-7-21(20)29-24/h4-7,13-14,16-17H,3,8-12,15H2,1-2H3/t16-/m1/s1. The lowest BCUT2D eigenvalue weighted by atomic mass is 9.96. The van der Waals surface area contributed by atoms with Crippen molar-refractivity contribution in [1.29, 1.82) is 0 Å². The molecule has 0 spiro atoms. The SMILES string of the molecule is CCOc1cc2c(cc1CN1CCC(c3nc4ccccc4o3)CC1)O[C@H](C)C2. The minimum Gasteiger partial charge on any atom is -0.494 e. The van der Waals surface area contributed by atoms with Gasteiger partial charge in [-0.2, -0.15) is 0 Å². The second kappa shape index (κ2) is 7.71. The molecule has 2 aliphatic rings. The number of aromatic nitrogens is 1. The number of hydrogen-bond donors (Lipinski definition) is 0. The Bertz CT molecular complexity index is 972. The van der Waals surface area contributed by atoms with E-state index in [0.717, 1.165) is 67.4 Å². The Labute approximate surface area is 171 Å². The van der Waals surface area contributed by atoms with Crippen LogP contribution in [0.5, 0.6) is 11.5 Å². The van der Waals surface area contributed by atoms with E-state index in [1.54, 1.807) is 0 Å². The van der Waals surface area contributed by atoms with Gasteiger partial charge in [0.1, 0.15) is 23.1 Å². The molecule has 0 N–H and O–H groups in total. The quantitative estimate of drug-likeness (QED) is 0.616. The lowest BCUT2D eigenvalue weighted by Crippen LogP contribution is -2.32. The van der Waals surface area contributed by atoms with Crippen LogP contribution in [-0.4, -0.2) is 35.7 Å². The van der Waals surface area contributed by atoms with E-state index in [2.05, 4.69) is 24.0 Å². The maximum atomic E-state index is 6.01. The third-order valence-corrected chi connectivity index (χ3v) is 6.02. The second-order valence-corrected chi connectivity index (χ2v) is 8.20. The van der Waals surface area contributed by atoms with Crippen LogP contribution >= 0.6 is 0 Å².